The van der Waals surface area contributed by atoms with Gasteiger partial charge in [-0.25, -0.2) is 0 Å². The van der Waals surface area contributed by atoms with E-state index < -0.39 is 43.4 Å². The molecule has 1 aliphatic heterocycles. The van der Waals surface area contributed by atoms with Crippen LogP contribution in [-0.4, -0.2) is 76.1 Å². The normalized spacial score (nSPS) is 39.6. The Balaban J connectivity index is 3.01. The molecule has 5 N–H and O–H groups in total. The average Bonchev–Trinajstić information content (AvgIpc) is 2.51. The van der Waals surface area contributed by atoms with Crippen LogP contribution in [-0.2, 0) is 9.47 Å². The first-order valence-corrected chi connectivity index (χ1v) is 4.46. The lowest BCUT2D eigenvalue weighted by Gasteiger charge is -2.30. The molecule has 0 amide bonds. The van der Waals surface area contributed by atoms with Gasteiger partial charge in [0.05, 0.1) is 13.2 Å². The summed E-state index contributed by atoms with van der Waals surface area (Å²) in [6.45, 7) is -2.11. The molecule has 7 heteroatoms. The van der Waals surface area contributed by atoms with Gasteiger partial charge in [-0.1, -0.05) is 0 Å². The average molecular weight is 224 g/mol. The second-order valence-electron chi connectivity index (χ2n) is 3.55. The molecule has 1 rings (SSSR count). The first kappa shape index (κ1) is 12.8. The van der Waals surface area contributed by atoms with E-state index >= 15 is 0 Å². The largest absolute Gasteiger partial charge is 0.393 e. The monoisotopic (exact) mass is 224 g/mol. The van der Waals surface area contributed by atoms with Crippen LogP contribution in [0.2, 0.25) is 0 Å². The summed E-state index contributed by atoms with van der Waals surface area (Å²) in [5.74, 6) is -1.81. The van der Waals surface area contributed by atoms with Gasteiger partial charge in [-0.05, 0) is 0 Å². The summed E-state index contributed by atoms with van der Waals surface area (Å²) in [4.78, 5) is 0. The van der Waals surface area contributed by atoms with Gasteiger partial charge in [0.2, 0.25) is 5.79 Å². The van der Waals surface area contributed by atoms with Crippen molar-refractivity contribution < 1.29 is 35.0 Å². The summed E-state index contributed by atoms with van der Waals surface area (Å²) < 4.78 is 9.87. The second-order valence-corrected chi connectivity index (χ2v) is 3.55. The van der Waals surface area contributed by atoms with E-state index in [9.17, 15) is 10.2 Å². The van der Waals surface area contributed by atoms with Crippen LogP contribution in [0.15, 0.2) is 0 Å². The fourth-order valence-corrected chi connectivity index (χ4v) is 1.65. The van der Waals surface area contributed by atoms with Crippen LogP contribution in [0, 0.1) is 0 Å². The number of hydrogen-bond acceptors (Lipinski definition) is 7. The molecule has 0 saturated carbocycles. The summed E-state index contributed by atoms with van der Waals surface area (Å²) in [6.07, 6.45) is -3.09. The molecule has 0 aromatic carbocycles. The fourth-order valence-electron chi connectivity index (χ4n) is 1.65. The van der Waals surface area contributed by atoms with Gasteiger partial charge in [-0.3, -0.25) is 0 Å². The Hall–Kier alpha value is -0.280. The quantitative estimate of drug-likeness (QED) is 0.341. The van der Waals surface area contributed by atoms with Crippen LogP contribution in [0.1, 0.15) is 0 Å². The van der Waals surface area contributed by atoms with Crippen molar-refractivity contribution in [2.45, 2.75) is 23.6 Å². The SMILES string of the molecule is CO[C@]1(CO)OC(CO)(CO)[C@@H](O)[C@H]1O. The number of methoxy groups -OCH3 is 1. The Morgan fingerprint density at radius 2 is 1.60 bits per heavy atom. The summed E-state index contributed by atoms with van der Waals surface area (Å²) in [5.41, 5.74) is -1.72. The van der Waals surface area contributed by atoms with Crippen molar-refractivity contribution in [1.82, 2.24) is 0 Å². The second kappa shape index (κ2) is 4.30. The highest BCUT2D eigenvalue weighted by atomic mass is 16.7. The Morgan fingerprint density at radius 1 is 1.07 bits per heavy atom. The molecule has 0 aliphatic carbocycles. The van der Waals surface area contributed by atoms with E-state index in [4.69, 9.17) is 24.8 Å². The molecule has 0 bridgehead atoms. The zero-order valence-corrected chi connectivity index (χ0v) is 8.33. The van der Waals surface area contributed by atoms with E-state index in [-0.39, 0.29) is 0 Å². The van der Waals surface area contributed by atoms with Crippen molar-refractivity contribution in [2.75, 3.05) is 26.9 Å². The summed E-state index contributed by atoms with van der Waals surface area (Å²) in [6, 6.07) is 0. The number of aliphatic hydroxyl groups excluding tert-OH is 5. The van der Waals surface area contributed by atoms with Gasteiger partial charge in [-0.15, -0.1) is 0 Å². The number of rotatable bonds is 4. The molecule has 1 fully saturated rings. The minimum Gasteiger partial charge on any atom is -0.393 e. The van der Waals surface area contributed by atoms with Gasteiger partial charge in [0.1, 0.15) is 24.4 Å². The highest BCUT2D eigenvalue weighted by molar-refractivity contribution is 5.05. The molecule has 1 aliphatic rings. The van der Waals surface area contributed by atoms with Crippen molar-refractivity contribution >= 4 is 0 Å². The molecule has 1 heterocycles. The lowest BCUT2D eigenvalue weighted by atomic mass is 9.95. The molecule has 0 unspecified atom stereocenters. The van der Waals surface area contributed by atoms with Gasteiger partial charge >= 0.3 is 0 Å². The predicted octanol–water partition coefficient (Wildman–Crippen LogP) is -3.20. The Bertz CT molecular complexity index is 189. The van der Waals surface area contributed by atoms with E-state index in [1.165, 1.54) is 7.11 Å². The van der Waals surface area contributed by atoms with Gasteiger partial charge in [0.15, 0.2) is 0 Å². The summed E-state index contributed by atoms with van der Waals surface area (Å²) >= 11 is 0. The highest BCUT2D eigenvalue weighted by Gasteiger charge is 2.62. The van der Waals surface area contributed by atoms with Gasteiger partial charge in [0.25, 0.3) is 0 Å². The molecule has 7 nitrogen and oxygen atoms in total. The lowest BCUT2D eigenvalue weighted by molar-refractivity contribution is -0.287. The third-order valence-corrected chi connectivity index (χ3v) is 2.77. The van der Waals surface area contributed by atoms with Gasteiger partial charge < -0.3 is 35.0 Å². The maximum Gasteiger partial charge on any atom is 0.221 e. The van der Waals surface area contributed by atoms with Crippen molar-refractivity contribution in [2.24, 2.45) is 0 Å². The van der Waals surface area contributed by atoms with Crippen LogP contribution in [0.4, 0.5) is 0 Å². The van der Waals surface area contributed by atoms with E-state index in [0.717, 1.165) is 0 Å². The van der Waals surface area contributed by atoms with Crippen molar-refractivity contribution in [3.05, 3.63) is 0 Å². The molecule has 1 saturated heterocycles. The van der Waals surface area contributed by atoms with E-state index in [1.807, 2.05) is 0 Å². The Labute approximate surface area is 86.5 Å². The topological polar surface area (TPSA) is 120 Å². The van der Waals surface area contributed by atoms with Gasteiger partial charge in [0, 0.05) is 7.11 Å². The first-order chi connectivity index (χ1) is 7.02. The maximum atomic E-state index is 9.62. The summed E-state index contributed by atoms with van der Waals surface area (Å²) in [5, 5.41) is 46.4. The smallest absolute Gasteiger partial charge is 0.221 e. The lowest BCUT2D eigenvalue weighted by Crippen LogP contribution is -2.49. The molecular formula is C8H16O7. The van der Waals surface area contributed by atoms with Crippen LogP contribution >= 0.6 is 0 Å². The minimum absolute atomic E-state index is 0.702. The van der Waals surface area contributed by atoms with Crippen LogP contribution in [0.25, 0.3) is 0 Å². The van der Waals surface area contributed by atoms with E-state index in [2.05, 4.69) is 0 Å². The number of hydrogen-bond donors (Lipinski definition) is 5. The van der Waals surface area contributed by atoms with E-state index in [1.54, 1.807) is 0 Å². The van der Waals surface area contributed by atoms with Crippen molar-refractivity contribution in [3.63, 3.8) is 0 Å². The first-order valence-electron chi connectivity index (χ1n) is 4.46. The molecule has 15 heavy (non-hydrogen) atoms. The molecule has 0 aromatic rings. The van der Waals surface area contributed by atoms with Crippen molar-refractivity contribution in [1.29, 1.82) is 0 Å². The summed E-state index contributed by atoms with van der Waals surface area (Å²) in [7, 11) is 1.18. The van der Waals surface area contributed by atoms with Crippen LogP contribution in [0.3, 0.4) is 0 Å². The molecule has 90 valence electrons. The standard InChI is InChI=1S/C8H16O7/c1-14-8(4-11)6(13)5(12)7(2-9,3-10)15-8/h5-6,9-13H,2-4H2,1H3/t5-,6+,8+/m0/s1. The fraction of sp³-hybridized carbons (Fsp3) is 1.00. The predicted molar refractivity (Wildman–Crippen MR) is 46.8 cm³/mol. The van der Waals surface area contributed by atoms with Crippen LogP contribution in [0.5, 0.6) is 0 Å². The zero-order valence-electron chi connectivity index (χ0n) is 8.33. The molecule has 3 atom stereocenters. The van der Waals surface area contributed by atoms with Crippen molar-refractivity contribution in [3.8, 4) is 0 Å². The molecular weight excluding hydrogens is 208 g/mol. The number of aliphatic hydroxyl groups is 5. The highest BCUT2D eigenvalue weighted by Crippen LogP contribution is 2.38. The Morgan fingerprint density at radius 3 is 1.80 bits per heavy atom. The third kappa shape index (κ3) is 1.66. The van der Waals surface area contributed by atoms with Gasteiger partial charge in [-0.2, -0.15) is 0 Å². The molecule has 0 aromatic heterocycles. The molecule has 0 radical (unpaired) electrons. The Kier molecular flexibility index (Phi) is 3.67. The van der Waals surface area contributed by atoms with Crippen LogP contribution < -0.4 is 0 Å². The number of ether oxygens (including phenoxy) is 2. The maximum absolute atomic E-state index is 9.62. The third-order valence-electron chi connectivity index (χ3n) is 2.77. The molecule has 0 spiro atoms. The minimum atomic E-state index is -1.81. The van der Waals surface area contributed by atoms with E-state index in [0.29, 0.717) is 0 Å². The zero-order chi connectivity index (χ0) is 11.7.